The van der Waals surface area contributed by atoms with Crippen molar-refractivity contribution in [2.24, 2.45) is 11.8 Å². The van der Waals surface area contributed by atoms with Gasteiger partial charge < -0.3 is 15.5 Å². The third-order valence-corrected chi connectivity index (χ3v) is 5.71. The molecule has 0 saturated carbocycles. The van der Waals surface area contributed by atoms with Crippen molar-refractivity contribution in [1.29, 1.82) is 0 Å². The van der Waals surface area contributed by atoms with E-state index in [-0.39, 0.29) is 42.6 Å². The fourth-order valence-corrected chi connectivity index (χ4v) is 4.04. The van der Waals surface area contributed by atoms with Crippen molar-refractivity contribution in [1.82, 2.24) is 10.6 Å². The second-order valence-electron chi connectivity index (χ2n) is 7.49. The first kappa shape index (κ1) is 19.6. The van der Waals surface area contributed by atoms with Gasteiger partial charge in [0.25, 0.3) is 0 Å². The normalized spacial score (nSPS) is 25.3. The van der Waals surface area contributed by atoms with Crippen molar-refractivity contribution in [3.8, 4) is 0 Å². The van der Waals surface area contributed by atoms with Gasteiger partial charge in [-0.15, -0.1) is 12.4 Å². The summed E-state index contributed by atoms with van der Waals surface area (Å²) in [6.07, 6.45) is 1.35. The summed E-state index contributed by atoms with van der Waals surface area (Å²) in [6, 6.07) is 14.2. The van der Waals surface area contributed by atoms with Gasteiger partial charge in [-0.2, -0.15) is 0 Å². The number of piperidine rings is 1. The largest absolute Gasteiger partial charge is 0.352 e. The van der Waals surface area contributed by atoms with Gasteiger partial charge >= 0.3 is 0 Å². The zero-order chi connectivity index (χ0) is 18.1. The zero-order valence-electron chi connectivity index (χ0n) is 15.5. The lowest BCUT2D eigenvalue weighted by molar-refractivity contribution is -0.127. The minimum atomic E-state index is -0.282. The molecule has 2 amide bonds. The van der Waals surface area contributed by atoms with Crippen LogP contribution in [0, 0.1) is 11.8 Å². The summed E-state index contributed by atoms with van der Waals surface area (Å²) in [4.78, 5) is 27.1. The van der Waals surface area contributed by atoms with E-state index >= 15 is 0 Å². The number of nitrogens with zero attached hydrogens (tertiary/aromatic N) is 1. The molecule has 3 unspecified atom stereocenters. The summed E-state index contributed by atoms with van der Waals surface area (Å²) in [5, 5.41) is 8.65. The Balaban J connectivity index is 0.00000210. The van der Waals surface area contributed by atoms with E-state index in [0.29, 0.717) is 12.5 Å². The number of amides is 2. The number of rotatable bonds is 3. The quantitative estimate of drug-likeness (QED) is 0.851. The van der Waals surface area contributed by atoms with Crippen LogP contribution in [0.15, 0.2) is 42.5 Å². The number of anilines is 1. The molecule has 5 nitrogen and oxygen atoms in total. The van der Waals surface area contributed by atoms with E-state index < -0.39 is 0 Å². The molecule has 4 rings (SSSR count). The molecule has 2 heterocycles. The molecule has 0 aromatic heterocycles. The highest BCUT2D eigenvalue weighted by molar-refractivity contribution is 6.07. The minimum absolute atomic E-state index is 0. The van der Waals surface area contributed by atoms with Gasteiger partial charge in [0.05, 0.1) is 11.6 Å². The first-order chi connectivity index (χ1) is 12.6. The van der Waals surface area contributed by atoms with Crippen molar-refractivity contribution in [3.63, 3.8) is 0 Å². The van der Waals surface area contributed by atoms with Gasteiger partial charge in [-0.3, -0.25) is 9.59 Å². The topological polar surface area (TPSA) is 61.4 Å². The molecule has 0 aliphatic carbocycles. The van der Waals surface area contributed by atoms with Crippen LogP contribution in [-0.2, 0) is 9.59 Å². The fourth-order valence-electron chi connectivity index (χ4n) is 4.04. The van der Waals surface area contributed by atoms with Crippen LogP contribution in [0.5, 0.6) is 0 Å². The number of halogens is 1. The molecular weight excluding hydrogens is 362 g/mol. The third-order valence-electron chi connectivity index (χ3n) is 5.71. The first-order valence-corrected chi connectivity index (χ1v) is 9.42. The van der Waals surface area contributed by atoms with Crippen molar-refractivity contribution >= 4 is 40.7 Å². The Morgan fingerprint density at radius 1 is 1.19 bits per heavy atom. The maximum Gasteiger partial charge on any atom is 0.227 e. The summed E-state index contributed by atoms with van der Waals surface area (Å²) in [6.45, 7) is 4.44. The number of carbonyl (C=O) groups excluding carboxylic acids is 2. The Labute approximate surface area is 165 Å². The second-order valence-corrected chi connectivity index (χ2v) is 7.49. The molecule has 0 radical (unpaired) electrons. The maximum absolute atomic E-state index is 12.7. The average Bonchev–Trinajstić information content (AvgIpc) is 3.05. The number of hydrogen-bond acceptors (Lipinski definition) is 3. The summed E-state index contributed by atoms with van der Waals surface area (Å²) < 4.78 is 0. The van der Waals surface area contributed by atoms with E-state index in [0.717, 1.165) is 36.0 Å². The second kappa shape index (κ2) is 8.28. The van der Waals surface area contributed by atoms with E-state index in [1.165, 1.54) is 0 Å². The molecule has 144 valence electrons. The summed E-state index contributed by atoms with van der Waals surface area (Å²) >= 11 is 0. The van der Waals surface area contributed by atoms with E-state index in [2.05, 4.69) is 17.6 Å². The zero-order valence-corrected chi connectivity index (χ0v) is 16.3. The Kier molecular flexibility index (Phi) is 6.02. The summed E-state index contributed by atoms with van der Waals surface area (Å²) in [7, 11) is 0. The molecule has 6 heteroatoms. The lowest BCUT2D eigenvalue weighted by Gasteiger charge is -2.31. The predicted octanol–water partition coefficient (Wildman–Crippen LogP) is 2.73. The van der Waals surface area contributed by atoms with Crippen molar-refractivity contribution in [3.05, 3.63) is 42.5 Å². The maximum atomic E-state index is 12.7. The molecule has 27 heavy (non-hydrogen) atoms. The summed E-state index contributed by atoms with van der Waals surface area (Å²) in [5.41, 5.74) is 0.899. The van der Waals surface area contributed by atoms with E-state index in [1.807, 2.05) is 42.5 Å². The van der Waals surface area contributed by atoms with Crippen LogP contribution in [-0.4, -0.2) is 37.5 Å². The Bertz CT molecular complexity index is 836. The first-order valence-electron chi connectivity index (χ1n) is 9.42. The Morgan fingerprint density at radius 2 is 1.96 bits per heavy atom. The summed E-state index contributed by atoms with van der Waals surface area (Å²) in [5.74, 6) is 0.208. The standard InChI is InChI=1S/C21H25N3O2.ClH/c1-14-9-10-22-12-18(14)23-21(26)16-11-20(25)24(13-16)19-8-4-6-15-5-2-3-7-17(15)19;/h2-8,14,16,18,22H,9-13H2,1H3,(H,23,26);1H. The average molecular weight is 388 g/mol. The number of benzene rings is 2. The van der Waals surface area contributed by atoms with Gasteiger partial charge in [-0.05, 0) is 30.3 Å². The highest BCUT2D eigenvalue weighted by Gasteiger charge is 2.37. The van der Waals surface area contributed by atoms with Crippen LogP contribution in [0.1, 0.15) is 19.8 Å². The predicted molar refractivity (Wildman–Crippen MR) is 110 cm³/mol. The van der Waals surface area contributed by atoms with Crippen LogP contribution < -0.4 is 15.5 Å². The van der Waals surface area contributed by atoms with Gasteiger partial charge in [-0.1, -0.05) is 43.3 Å². The van der Waals surface area contributed by atoms with Crippen LogP contribution in [0.4, 0.5) is 5.69 Å². The van der Waals surface area contributed by atoms with Crippen LogP contribution in [0.25, 0.3) is 10.8 Å². The van der Waals surface area contributed by atoms with Crippen molar-refractivity contribution in [2.45, 2.75) is 25.8 Å². The smallest absolute Gasteiger partial charge is 0.227 e. The van der Waals surface area contributed by atoms with Gasteiger partial charge in [0.1, 0.15) is 0 Å². The third kappa shape index (κ3) is 3.94. The lowest BCUT2D eigenvalue weighted by Crippen LogP contribution is -2.51. The minimum Gasteiger partial charge on any atom is -0.352 e. The molecule has 3 atom stereocenters. The Morgan fingerprint density at radius 3 is 2.78 bits per heavy atom. The van der Waals surface area contributed by atoms with Crippen molar-refractivity contribution in [2.75, 3.05) is 24.5 Å². The van der Waals surface area contributed by atoms with E-state index in [4.69, 9.17) is 0 Å². The van der Waals surface area contributed by atoms with Gasteiger partial charge in [-0.25, -0.2) is 0 Å². The lowest BCUT2D eigenvalue weighted by atomic mass is 9.94. The molecule has 2 aliphatic rings. The van der Waals surface area contributed by atoms with Gasteiger partial charge in [0.2, 0.25) is 11.8 Å². The van der Waals surface area contributed by atoms with Crippen LogP contribution >= 0.6 is 12.4 Å². The highest BCUT2D eigenvalue weighted by Crippen LogP contribution is 2.31. The number of fused-ring (bicyclic) bond motifs is 1. The molecule has 2 fully saturated rings. The van der Waals surface area contributed by atoms with Gasteiger partial charge in [0.15, 0.2) is 0 Å². The molecule has 0 bridgehead atoms. The molecular formula is C21H26ClN3O2. The monoisotopic (exact) mass is 387 g/mol. The highest BCUT2D eigenvalue weighted by atomic mass is 35.5. The van der Waals surface area contributed by atoms with Crippen LogP contribution in [0.2, 0.25) is 0 Å². The molecule has 2 aromatic carbocycles. The number of carbonyl (C=O) groups is 2. The molecule has 2 aromatic rings. The van der Waals surface area contributed by atoms with Crippen molar-refractivity contribution < 1.29 is 9.59 Å². The molecule has 2 saturated heterocycles. The van der Waals surface area contributed by atoms with E-state index in [9.17, 15) is 9.59 Å². The molecule has 2 aliphatic heterocycles. The van der Waals surface area contributed by atoms with Gasteiger partial charge in [0, 0.05) is 30.9 Å². The number of nitrogens with one attached hydrogen (secondary N) is 2. The fraction of sp³-hybridized carbons (Fsp3) is 0.429. The molecule has 2 N–H and O–H groups in total. The van der Waals surface area contributed by atoms with E-state index in [1.54, 1.807) is 4.90 Å². The van der Waals surface area contributed by atoms with Crippen LogP contribution in [0.3, 0.4) is 0 Å². The number of hydrogen-bond donors (Lipinski definition) is 2. The Hall–Kier alpha value is -2.11. The SMILES string of the molecule is CC1CCNCC1NC(=O)C1CC(=O)N(c2cccc3ccccc23)C1.Cl. The molecule has 0 spiro atoms.